The summed E-state index contributed by atoms with van der Waals surface area (Å²) in [7, 11) is 0. The highest BCUT2D eigenvalue weighted by molar-refractivity contribution is 5.90. The van der Waals surface area contributed by atoms with Crippen molar-refractivity contribution in [1.82, 2.24) is 4.90 Å². The van der Waals surface area contributed by atoms with Gasteiger partial charge in [0.15, 0.2) is 0 Å². The highest BCUT2D eigenvalue weighted by atomic mass is 16.6. The van der Waals surface area contributed by atoms with Crippen molar-refractivity contribution >= 4 is 12.1 Å². The zero-order valence-electron chi connectivity index (χ0n) is 19.9. The van der Waals surface area contributed by atoms with Crippen LogP contribution in [0.1, 0.15) is 53.4 Å². The lowest BCUT2D eigenvalue weighted by Gasteiger charge is -2.24. The van der Waals surface area contributed by atoms with Gasteiger partial charge in [-0.25, -0.2) is 9.59 Å². The molecule has 3 aromatic rings. The van der Waals surface area contributed by atoms with E-state index in [4.69, 9.17) is 9.47 Å². The second kappa shape index (κ2) is 9.51. The Morgan fingerprint density at radius 1 is 1.00 bits per heavy atom. The maximum atomic E-state index is 12.4. The van der Waals surface area contributed by atoms with Crippen molar-refractivity contribution in [2.24, 2.45) is 0 Å². The van der Waals surface area contributed by atoms with Crippen molar-refractivity contribution in [3.05, 3.63) is 88.5 Å². The average molecular weight is 471 g/mol. The van der Waals surface area contributed by atoms with E-state index in [1.807, 2.05) is 51.1 Å². The fraction of sp³-hybridized carbons (Fsp3) is 0.250. The number of nitrogens with zero attached hydrogens (tertiary/aromatic N) is 2. The highest BCUT2D eigenvalue weighted by Crippen LogP contribution is 2.29. The van der Waals surface area contributed by atoms with Crippen molar-refractivity contribution < 1.29 is 24.2 Å². The van der Waals surface area contributed by atoms with Crippen molar-refractivity contribution in [2.45, 2.75) is 46.1 Å². The molecule has 7 heteroatoms. The SMILES string of the molecule is CC(C)(C)OC(=O)N1Cc2ccc(OCc3cc(C(=O)O)cc(-c4cccc(C#N)c4)c3)cc2C1. The summed E-state index contributed by atoms with van der Waals surface area (Å²) in [5.41, 5.74) is 4.26. The molecule has 1 aliphatic heterocycles. The zero-order valence-corrected chi connectivity index (χ0v) is 19.9. The van der Waals surface area contributed by atoms with E-state index >= 15 is 0 Å². The first kappa shape index (κ1) is 23.8. The van der Waals surface area contributed by atoms with E-state index in [-0.39, 0.29) is 18.3 Å². The van der Waals surface area contributed by atoms with E-state index in [0.29, 0.717) is 35.5 Å². The highest BCUT2D eigenvalue weighted by Gasteiger charge is 2.28. The summed E-state index contributed by atoms with van der Waals surface area (Å²) in [6.07, 6.45) is -0.352. The van der Waals surface area contributed by atoms with Gasteiger partial charge in [0, 0.05) is 13.1 Å². The molecule has 1 amide bonds. The normalized spacial score (nSPS) is 12.6. The fourth-order valence-electron chi connectivity index (χ4n) is 3.92. The van der Waals surface area contributed by atoms with Crippen LogP contribution in [0, 0.1) is 11.3 Å². The van der Waals surface area contributed by atoms with E-state index < -0.39 is 11.6 Å². The molecule has 0 atom stereocenters. The number of nitriles is 1. The van der Waals surface area contributed by atoms with Gasteiger partial charge in [0.25, 0.3) is 0 Å². The average Bonchev–Trinajstić information content (AvgIpc) is 3.25. The number of aromatic carboxylic acids is 1. The minimum absolute atomic E-state index is 0.144. The van der Waals surface area contributed by atoms with E-state index in [1.54, 1.807) is 35.2 Å². The number of amides is 1. The molecule has 0 radical (unpaired) electrons. The summed E-state index contributed by atoms with van der Waals surface area (Å²) >= 11 is 0. The number of carboxylic acids is 1. The van der Waals surface area contributed by atoms with Crippen molar-refractivity contribution in [3.63, 3.8) is 0 Å². The third-order valence-electron chi connectivity index (χ3n) is 5.52. The van der Waals surface area contributed by atoms with Gasteiger partial charge in [-0.3, -0.25) is 4.90 Å². The molecule has 7 nitrogen and oxygen atoms in total. The summed E-state index contributed by atoms with van der Waals surface area (Å²) in [6, 6.07) is 19.8. The molecular formula is C28H26N2O5. The Kier molecular flexibility index (Phi) is 6.48. The first-order chi connectivity index (χ1) is 16.6. The van der Waals surface area contributed by atoms with Crippen LogP contribution in [0.25, 0.3) is 11.1 Å². The number of hydrogen-bond donors (Lipinski definition) is 1. The number of rotatable bonds is 5. The molecule has 0 spiro atoms. The molecule has 0 bridgehead atoms. The van der Waals surface area contributed by atoms with Crippen LogP contribution < -0.4 is 4.74 Å². The van der Waals surface area contributed by atoms with E-state index in [0.717, 1.165) is 16.7 Å². The van der Waals surface area contributed by atoms with Crippen molar-refractivity contribution in [2.75, 3.05) is 0 Å². The van der Waals surface area contributed by atoms with Crippen LogP contribution in [0.5, 0.6) is 5.75 Å². The molecule has 1 N–H and O–H groups in total. The smallest absolute Gasteiger partial charge is 0.410 e. The number of carbonyl (C=O) groups is 2. The monoisotopic (exact) mass is 470 g/mol. The summed E-state index contributed by atoms with van der Waals surface area (Å²) in [4.78, 5) is 25.8. The van der Waals surface area contributed by atoms with Gasteiger partial charge in [0.05, 0.1) is 17.2 Å². The molecule has 1 heterocycles. The Labute approximate surface area is 204 Å². The van der Waals surface area contributed by atoms with Gasteiger partial charge in [-0.1, -0.05) is 18.2 Å². The van der Waals surface area contributed by atoms with E-state index in [1.165, 1.54) is 0 Å². The Morgan fingerprint density at radius 3 is 2.49 bits per heavy atom. The third-order valence-corrected chi connectivity index (χ3v) is 5.52. The summed E-state index contributed by atoms with van der Waals surface area (Å²) in [5, 5.41) is 18.8. The Hall–Kier alpha value is -4.31. The first-order valence-electron chi connectivity index (χ1n) is 11.2. The molecule has 35 heavy (non-hydrogen) atoms. The molecule has 0 aromatic heterocycles. The van der Waals surface area contributed by atoms with Crippen LogP contribution in [-0.4, -0.2) is 27.7 Å². The molecule has 0 saturated heterocycles. The van der Waals surface area contributed by atoms with E-state index in [2.05, 4.69) is 6.07 Å². The van der Waals surface area contributed by atoms with E-state index in [9.17, 15) is 20.0 Å². The Balaban J connectivity index is 1.50. The van der Waals surface area contributed by atoms with Gasteiger partial charge in [-0.15, -0.1) is 0 Å². The first-order valence-corrected chi connectivity index (χ1v) is 11.2. The largest absolute Gasteiger partial charge is 0.489 e. The molecule has 3 aromatic carbocycles. The maximum absolute atomic E-state index is 12.4. The number of carboxylic acid groups (broad SMARTS) is 1. The second-order valence-corrected chi connectivity index (χ2v) is 9.47. The predicted octanol–water partition coefficient (Wildman–Crippen LogP) is 5.75. The fourth-order valence-corrected chi connectivity index (χ4v) is 3.92. The van der Waals surface area contributed by atoms with Crippen LogP contribution in [0.4, 0.5) is 4.79 Å². The number of ether oxygens (including phenoxy) is 2. The number of carbonyl (C=O) groups excluding carboxylic acids is 1. The van der Waals surface area contributed by atoms with Gasteiger partial charge in [0.1, 0.15) is 18.0 Å². The van der Waals surface area contributed by atoms with Gasteiger partial charge in [0.2, 0.25) is 0 Å². The van der Waals surface area contributed by atoms with Crippen LogP contribution in [0.2, 0.25) is 0 Å². The molecule has 178 valence electrons. The third kappa shape index (κ3) is 5.79. The lowest BCUT2D eigenvalue weighted by atomic mass is 9.98. The maximum Gasteiger partial charge on any atom is 0.410 e. The van der Waals surface area contributed by atoms with Crippen molar-refractivity contribution in [3.8, 4) is 22.9 Å². The zero-order chi connectivity index (χ0) is 25.2. The lowest BCUT2D eigenvalue weighted by molar-refractivity contribution is 0.0241. The van der Waals surface area contributed by atoms with Gasteiger partial charge >= 0.3 is 12.1 Å². The molecular weight excluding hydrogens is 444 g/mol. The lowest BCUT2D eigenvalue weighted by Crippen LogP contribution is -2.33. The summed E-state index contributed by atoms with van der Waals surface area (Å²) in [6.45, 7) is 6.60. The second-order valence-electron chi connectivity index (χ2n) is 9.47. The van der Waals surface area contributed by atoms with Crippen LogP contribution in [0.15, 0.2) is 60.7 Å². The minimum atomic E-state index is -1.04. The Bertz CT molecular complexity index is 1330. The van der Waals surface area contributed by atoms with Crippen LogP contribution >= 0.6 is 0 Å². The standard InChI is InChI=1S/C28H26N2O5/c1-28(2,3)35-27(33)30-15-21-7-8-25(13-24(21)16-30)34-17-19-10-22(12-23(11-19)26(31)32)20-6-4-5-18(9-20)14-29/h4-13H,15-17H2,1-3H3,(H,31,32). The van der Waals surface area contributed by atoms with Crippen molar-refractivity contribution in [1.29, 1.82) is 5.26 Å². The molecule has 0 unspecified atom stereocenters. The molecule has 4 rings (SSSR count). The quantitative estimate of drug-likeness (QED) is 0.509. The summed E-state index contributed by atoms with van der Waals surface area (Å²) < 4.78 is 11.5. The molecule has 0 fully saturated rings. The van der Waals surface area contributed by atoms with Gasteiger partial charge in [-0.05, 0) is 91.1 Å². The topological polar surface area (TPSA) is 99.9 Å². The molecule has 0 aliphatic carbocycles. The van der Waals surface area contributed by atoms with Crippen LogP contribution in [-0.2, 0) is 24.4 Å². The van der Waals surface area contributed by atoms with Crippen LogP contribution in [0.3, 0.4) is 0 Å². The Morgan fingerprint density at radius 2 is 1.77 bits per heavy atom. The molecule has 1 aliphatic rings. The van der Waals surface area contributed by atoms with Gasteiger partial charge < -0.3 is 14.6 Å². The number of benzene rings is 3. The number of fused-ring (bicyclic) bond motifs is 1. The number of hydrogen-bond acceptors (Lipinski definition) is 5. The molecule has 0 saturated carbocycles. The summed E-state index contributed by atoms with van der Waals surface area (Å²) in [5.74, 6) is -0.409. The minimum Gasteiger partial charge on any atom is -0.489 e. The van der Waals surface area contributed by atoms with Gasteiger partial charge in [-0.2, -0.15) is 5.26 Å². The predicted molar refractivity (Wildman–Crippen MR) is 130 cm³/mol.